The number of carbonyl (C=O) groups is 1. The topological polar surface area (TPSA) is 97.5 Å². The molecule has 2 atom stereocenters. The number of ether oxygens (including phenoxy) is 1. The number of aliphatic hydroxyl groups is 1. The van der Waals surface area contributed by atoms with Gasteiger partial charge in [-0.15, -0.1) is 0 Å². The third kappa shape index (κ3) is 4.30. The summed E-state index contributed by atoms with van der Waals surface area (Å²) in [7, 11) is 0. The zero-order chi connectivity index (χ0) is 20.2. The lowest BCUT2D eigenvalue weighted by atomic mass is 10.1. The smallest absolute Gasteiger partial charge is 0.253 e. The Morgan fingerprint density at radius 3 is 2.76 bits per heavy atom. The van der Waals surface area contributed by atoms with Gasteiger partial charge in [-0.25, -0.2) is 4.98 Å². The van der Waals surface area contributed by atoms with Crippen LogP contribution in [0.4, 0.5) is 0 Å². The molecule has 2 N–H and O–H groups in total. The number of amides is 1. The van der Waals surface area contributed by atoms with Crippen LogP contribution in [0, 0.1) is 6.92 Å². The van der Waals surface area contributed by atoms with E-state index in [4.69, 9.17) is 9.26 Å². The highest BCUT2D eigenvalue weighted by Crippen LogP contribution is 2.26. The minimum absolute atomic E-state index is 0.189. The van der Waals surface area contributed by atoms with Gasteiger partial charge in [-0.05, 0) is 32.3 Å². The summed E-state index contributed by atoms with van der Waals surface area (Å²) in [6, 6.07) is 12.9. The number of aryl methyl sites for hydroxylation is 1. The van der Waals surface area contributed by atoms with Crippen molar-refractivity contribution in [2.45, 2.75) is 44.9 Å². The second kappa shape index (κ2) is 8.45. The fourth-order valence-electron chi connectivity index (χ4n) is 3.49. The van der Waals surface area contributed by atoms with Crippen molar-refractivity contribution in [1.29, 1.82) is 0 Å². The first-order valence-corrected chi connectivity index (χ1v) is 9.70. The Morgan fingerprint density at radius 1 is 1.24 bits per heavy atom. The molecule has 0 bridgehead atoms. The maximum absolute atomic E-state index is 12.3. The van der Waals surface area contributed by atoms with Crippen LogP contribution in [0.1, 0.15) is 40.9 Å². The van der Waals surface area contributed by atoms with Crippen molar-refractivity contribution in [3.8, 4) is 17.1 Å². The molecule has 2 heterocycles. The highest BCUT2D eigenvalue weighted by molar-refractivity contribution is 5.94. The molecule has 2 aromatic heterocycles. The molecule has 7 nitrogen and oxygen atoms in total. The number of aromatic nitrogens is 2. The zero-order valence-electron chi connectivity index (χ0n) is 16.2. The van der Waals surface area contributed by atoms with E-state index >= 15 is 0 Å². The van der Waals surface area contributed by atoms with Crippen LogP contribution in [0.5, 0.6) is 5.88 Å². The van der Waals surface area contributed by atoms with Gasteiger partial charge < -0.3 is 19.7 Å². The number of hydrogen-bond donors (Lipinski definition) is 2. The number of benzene rings is 1. The number of pyridine rings is 1. The predicted molar refractivity (Wildman–Crippen MR) is 106 cm³/mol. The average Bonchev–Trinajstić information content (AvgIpc) is 3.32. The second-order valence-corrected chi connectivity index (χ2v) is 7.18. The van der Waals surface area contributed by atoms with Crippen LogP contribution in [0.15, 0.2) is 53.2 Å². The number of rotatable bonds is 6. The maximum Gasteiger partial charge on any atom is 0.253 e. The standard InChI is InChI=1S/C22H23N3O4/c1-14-17(21(25-29-14)15-6-3-2-4-7-15)13-28-20-11-10-16(12-23-20)22(27)24-18-8-5-9-19(18)26/h2-4,6-7,10-12,18-19,26H,5,8-9,13H2,1H3,(H,24,27). The first-order valence-electron chi connectivity index (χ1n) is 9.70. The molecule has 1 aliphatic carbocycles. The SMILES string of the molecule is Cc1onc(-c2ccccc2)c1COc1ccc(C(=O)NC2CCCC2O)cn1. The van der Waals surface area contributed by atoms with Crippen LogP contribution in [0.3, 0.4) is 0 Å². The summed E-state index contributed by atoms with van der Waals surface area (Å²) < 4.78 is 11.1. The van der Waals surface area contributed by atoms with Crippen molar-refractivity contribution >= 4 is 5.91 Å². The molecule has 29 heavy (non-hydrogen) atoms. The van der Waals surface area contributed by atoms with Crippen LogP contribution in [0.25, 0.3) is 11.3 Å². The van der Waals surface area contributed by atoms with Crippen LogP contribution < -0.4 is 10.1 Å². The van der Waals surface area contributed by atoms with Crippen molar-refractivity contribution < 1.29 is 19.2 Å². The van der Waals surface area contributed by atoms with Gasteiger partial charge in [0.05, 0.1) is 23.3 Å². The number of carbonyl (C=O) groups excluding carboxylic acids is 1. The quantitative estimate of drug-likeness (QED) is 0.667. The van der Waals surface area contributed by atoms with Crippen LogP contribution in [0.2, 0.25) is 0 Å². The van der Waals surface area contributed by atoms with Gasteiger partial charge in [0.25, 0.3) is 5.91 Å². The first-order chi connectivity index (χ1) is 14.1. The molecule has 1 aliphatic rings. The van der Waals surface area contributed by atoms with Gasteiger partial charge >= 0.3 is 0 Å². The molecule has 4 rings (SSSR count). The summed E-state index contributed by atoms with van der Waals surface area (Å²) in [6.45, 7) is 2.10. The lowest BCUT2D eigenvalue weighted by molar-refractivity contribution is 0.0873. The molecule has 1 aromatic carbocycles. The molecular weight excluding hydrogens is 370 g/mol. The second-order valence-electron chi connectivity index (χ2n) is 7.18. The number of aliphatic hydroxyl groups excluding tert-OH is 1. The molecule has 0 aliphatic heterocycles. The van der Waals surface area contributed by atoms with E-state index in [0.717, 1.165) is 36.1 Å². The van der Waals surface area contributed by atoms with Gasteiger partial charge in [-0.1, -0.05) is 35.5 Å². The van der Waals surface area contributed by atoms with Crippen molar-refractivity contribution in [1.82, 2.24) is 15.5 Å². The highest BCUT2D eigenvalue weighted by Gasteiger charge is 2.26. The molecule has 2 unspecified atom stereocenters. The highest BCUT2D eigenvalue weighted by atomic mass is 16.5. The Morgan fingerprint density at radius 2 is 2.07 bits per heavy atom. The average molecular weight is 393 g/mol. The molecular formula is C22H23N3O4. The monoisotopic (exact) mass is 393 g/mol. The predicted octanol–water partition coefficient (Wildman–Crippen LogP) is 3.27. The molecule has 7 heteroatoms. The Kier molecular flexibility index (Phi) is 5.57. The van der Waals surface area contributed by atoms with Crippen molar-refractivity contribution in [3.63, 3.8) is 0 Å². The molecule has 1 amide bonds. The number of hydrogen-bond acceptors (Lipinski definition) is 6. The van der Waals surface area contributed by atoms with Gasteiger partial charge in [0.15, 0.2) is 0 Å². The van der Waals surface area contributed by atoms with Gasteiger partial charge in [0, 0.05) is 17.8 Å². The van der Waals surface area contributed by atoms with E-state index < -0.39 is 6.10 Å². The van der Waals surface area contributed by atoms with Gasteiger partial charge in [-0.2, -0.15) is 0 Å². The van der Waals surface area contributed by atoms with Gasteiger partial charge in [-0.3, -0.25) is 4.79 Å². The fraction of sp³-hybridized carbons (Fsp3) is 0.318. The minimum Gasteiger partial charge on any atom is -0.473 e. The van der Waals surface area contributed by atoms with Crippen molar-refractivity contribution in [2.24, 2.45) is 0 Å². The molecule has 1 saturated carbocycles. The van der Waals surface area contributed by atoms with Crippen molar-refractivity contribution in [3.05, 3.63) is 65.5 Å². The Hall–Kier alpha value is -3.19. The summed E-state index contributed by atoms with van der Waals surface area (Å²) in [5, 5.41) is 16.9. The molecule has 0 spiro atoms. The van der Waals surface area contributed by atoms with E-state index in [9.17, 15) is 9.90 Å². The summed E-state index contributed by atoms with van der Waals surface area (Å²) in [5.41, 5.74) is 2.99. The van der Waals surface area contributed by atoms with E-state index in [-0.39, 0.29) is 18.6 Å². The fourth-order valence-corrected chi connectivity index (χ4v) is 3.49. The Bertz CT molecular complexity index is 969. The Labute approximate surface area is 168 Å². The lowest BCUT2D eigenvalue weighted by Gasteiger charge is -2.16. The third-order valence-electron chi connectivity index (χ3n) is 5.19. The molecule has 3 aromatic rings. The summed E-state index contributed by atoms with van der Waals surface area (Å²) in [4.78, 5) is 16.6. The van der Waals surface area contributed by atoms with Crippen LogP contribution >= 0.6 is 0 Å². The molecule has 1 fully saturated rings. The third-order valence-corrected chi connectivity index (χ3v) is 5.19. The molecule has 0 saturated heterocycles. The van der Waals surface area contributed by atoms with E-state index in [0.29, 0.717) is 17.2 Å². The number of nitrogens with one attached hydrogen (secondary N) is 1. The molecule has 150 valence electrons. The maximum atomic E-state index is 12.3. The normalized spacial score (nSPS) is 18.6. The summed E-state index contributed by atoms with van der Waals surface area (Å²) in [5.74, 6) is 0.855. The molecule has 0 radical (unpaired) electrons. The first kappa shape index (κ1) is 19.1. The van der Waals surface area contributed by atoms with Crippen molar-refractivity contribution in [2.75, 3.05) is 0 Å². The summed E-state index contributed by atoms with van der Waals surface area (Å²) >= 11 is 0. The van der Waals surface area contributed by atoms with Gasteiger partial charge in [0.1, 0.15) is 18.1 Å². The van der Waals surface area contributed by atoms with Gasteiger partial charge in [0.2, 0.25) is 5.88 Å². The summed E-state index contributed by atoms with van der Waals surface area (Å²) in [6.07, 6.45) is 3.45. The van der Waals surface area contributed by atoms with Crippen LogP contribution in [-0.4, -0.2) is 33.3 Å². The zero-order valence-corrected chi connectivity index (χ0v) is 16.2. The number of nitrogens with zero attached hydrogens (tertiary/aromatic N) is 2. The van der Waals surface area contributed by atoms with E-state index in [1.165, 1.54) is 6.20 Å². The van der Waals surface area contributed by atoms with Crippen LogP contribution in [-0.2, 0) is 6.61 Å². The largest absolute Gasteiger partial charge is 0.473 e. The van der Waals surface area contributed by atoms with E-state index in [1.807, 2.05) is 37.3 Å². The Balaban J connectivity index is 1.40. The lowest BCUT2D eigenvalue weighted by Crippen LogP contribution is -2.39. The van der Waals surface area contributed by atoms with E-state index in [2.05, 4.69) is 15.5 Å². The van der Waals surface area contributed by atoms with E-state index in [1.54, 1.807) is 12.1 Å². The minimum atomic E-state index is -0.472.